The molecule has 0 saturated heterocycles. The Hall–Kier alpha value is -0.460. The summed E-state index contributed by atoms with van der Waals surface area (Å²) in [5.74, 6) is 1.75. The molecule has 1 saturated carbocycles. The standard InChI is InChI=1S/C12H23N.C2H6/c1-5-11-6-8-12(9-7-11)10(2)13(3)4;1-2/h11-12H,2,5-9H2,1,3-4H3;1-2H3. The number of rotatable bonds is 3. The molecule has 0 aliphatic heterocycles. The van der Waals surface area contributed by atoms with Gasteiger partial charge in [-0.25, -0.2) is 0 Å². The largest absolute Gasteiger partial charge is 0.381 e. The Morgan fingerprint density at radius 1 is 1.13 bits per heavy atom. The van der Waals surface area contributed by atoms with Crippen LogP contribution in [0.2, 0.25) is 0 Å². The third kappa shape index (κ3) is 4.72. The molecule has 1 heteroatoms. The van der Waals surface area contributed by atoms with Gasteiger partial charge < -0.3 is 4.90 Å². The summed E-state index contributed by atoms with van der Waals surface area (Å²) in [7, 11) is 4.21. The maximum atomic E-state index is 4.15. The van der Waals surface area contributed by atoms with E-state index in [0.29, 0.717) is 0 Å². The van der Waals surface area contributed by atoms with Crippen LogP contribution in [0.3, 0.4) is 0 Å². The van der Waals surface area contributed by atoms with Crippen LogP contribution in [0.1, 0.15) is 52.9 Å². The van der Waals surface area contributed by atoms with Crippen LogP contribution in [0.4, 0.5) is 0 Å². The van der Waals surface area contributed by atoms with Crippen LogP contribution in [-0.4, -0.2) is 19.0 Å². The predicted octanol–water partition coefficient (Wildman–Crippen LogP) is 4.30. The van der Waals surface area contributed by atoms with Crippen LogP contribution < -0.4 is 0 Å². The summed E-state index contributed by atoms with van der Waals surface area (Å²) in [6, 6.07) is 0. The molecule has 0 aromatic heterocycles. The molecule has 0 spiro atoms. The van der Waals surface area contributed by atoms with E-state index in [9.17, 15) is 0 Å². The maximum absolute atomic E-state index is 4.15. The minimum absolute atomic E-state index is 0.762. The highest BCUT2D eigenvalue weighted by molar-refractivity contribution is 4.99. The van der Waals surface area contributed by atoms with Crippen molar-refractivity contribution in [3.8, 4) is 0 Å². The van der Waals surface area contributed by atoms with Crippen molar-refractivity contribution in [1.29, 1.82) is 0 Å². The molecule has 1 aliphatic carbocycles. The van der Waals surface area contributed by atoms with Crippen molar-refractivity contribution in [1.82, 2.24) is 4.90 Å². The fraction of sp³-hybridized carbons (Fsp3) is 0.857. The zero-order valence-electron chi connectivity index (χ0n) is 11.3. The van der Waals surface area contributed by atoms with Crippen molar-refractivity contribution in [3.63, 3.8) is 0 Å². The summed E-state index contributed by atoms with van der Waals surface area (Å²) in [6.45, 7) is 10.5. The lowest BCUT2D eigenvalue weighted by atomic mass is 9.79. The van der Waals surface area contributed by atoms with E-state index in [1.807, 2.05) is 13.8 Å². The average molecular weight is 211 g/mol. The quantitative estimate of drug-likeness (QED) is 0.672. The Kier molecular flexibility index (Phi) is 7.54. The molecule has 0 N–H and O–H groups in total. The molecular weight excluding hydrogens is 182 g/mol. The van der Waals surface area contributed by atoms with Crippen LogP contribution in [0.25, 0.3) is 0 Å². The van der Waals surface area contributed by atoms with Gasteiger partial charge in [-0.15, -0.1) is 0 Å². The third-order valence-electron chi connectivity index (χ3n) is 3.47. The first-order chi connectivity index (χ1) is 7.15. The highest BCUT2D eigenvalue weighted by atomic mass is 15.1. The molecule has 0 heterocycles. The van der Waals surface area contributed by atoms with Gasteiger partial charge in [0.05, 0.1) is 0 Å². The van der Waals surface area contributed by atoms with E-state index < -0.39 is 0 Å². The third-order valence-corrected chi connectivity index (χ3v) is 3.47. The van der Waals surface area contributed by atoms with Crippen LogP contribution in [0.5, 0.6) is 0 Å². The van der Waals surface area contributed by atoms with E-state index in [1.54, 1.807) is 0 Å². The molecule has 0 amide bonds. The van der Waals surface area contributed by atoms with E-state index in [-0.39, 0.29) is 0 Å². The van der Waals surface area contributed by atoms with E-state index in [4.69, 9.17) is 0 Å². The first-order valence-electron chi connectivity index (χ1n) is 6.51. The lowest BCUT2D eigenvalue weighted by molar-refractivity contribution is 0.265. The molecule has 1 rings (SSSR count). The van der Waals surface area contributed by atoms with Gasteiger partial charge in [0.15, 0.2) is 0 Å². The van der Waals surface area contributed by atoms with Crippen molar-refractivity contribution < 1.29 is 0 Å². The van der Waals surface area contributed by atoms with Gasteiger partial charge in [0.2, 0.25) is 0 Å². The predicted molar refractivity (Wildman–Crippen MR) is 69.9 cm³/mol. The smallest absolute Gasteiger partial charge is 0.00860 e. The molecule has 0 aromatic carbocycles. The van der Waals surface area contributed by atoms with E-state index in [1.165, 1.54) is 37.8 Å². The molecular formula is C14H29N. The highest BCUT2D eigenvalue weighted by Crippen LogP contribution is 2.34. The molecule has 0 atom stereocenters. The minimum atomic E-state index is 0.762. The van der Waals surface area contributed by atoms with Crippen LogP contribution in [0.15, 0.2) is 12.3 Å². The number of hydrogen-bond donors (Lipinski definition) is 0. The molecule has 0 radical (unpaired) electrons. The van der Waals surface area contributed by atoms with Crippen molar-refractivity contribution in [3.05, 3.63) is 12.3 Å². The molecule has 15 heavy (non-hydrogen) atoms. The zero-order chi connectivity index (χ0) is 11.8. The lowest BCUT2D eigenvalue weighted by Crippen LogP contribution is -2.22. The summed E-state index contributed by atoms with van der Waals surface area (Å²) in [5, 5.41) is 0. The molecule has 0 aromatic rings. The molecule has 90 valence electrons. The Balaban J connectivity index is 0.000000921. The van der Waals surface area contributed by atoms with Gasteiger partial charge >= 0.3 is 0 Å². The van der Waals surface area contributed by atoms with E-state index in [2.05, 4.69) is 32.5 Å². The van der Waals surface area contributed by atoms with Crippen molar-refractivity contribution >= 4 is 0 Å². The van der Waals surface area contributed by atoms with Gasteiger partial charge in [-0.1, -0.05) is 33.8 Å². The highest BCUT2D eigenvalue weighted by Gasteiger charge is 2.22. The number of nitrogens with zero attached hydrogens (tertiary/aromatic N) is 1. The first-order valence-corrected chi connectivity index (χ1v) is 6.51. The summed E-state index contributed by atoms with van der Waals surface area (Å²) in [5.41, 5.74) is 1.33. The Morgan fingerprint density at radius 3 is 1.93 bits per heavy atom. The zero-order valence-corrected chi connectivity index (χ0v) is 11.3. The first kappa shape index (κ1) is 14.5. The summed E-state index contributed by atoms with van der Waals surface area (Å²) in [6.07, 6.45) is 6.90. The number of allylic oxidation sites excluding steroid dienone is 1. The summed E-state index contributed by atoms with van der Waals surface area (Å²) < 4.78 is 0. The van der Waals surface area contributed by atoms with Crippen LogP contribution in [0, 0.1) is 11.8 Å². The van der Waals surface area contributed by atoms with Gasteiger partial charge in [0.25, 0.3) is 0 Å². The lowest BCUT2D eigenvalue weighted by Gasteiger charge is -2.32. The summed E-state index contributed by atoms with van der Waals surface area (Å²) in [4.78, 5) is 2.18. The monoisotopic (exact) mass is 211 g/mol. The van der Waals surface area contributed by atoms with Crippen LogP contribution in [-0.2, 0) is 0 Å². The van der Waals surface area contributed by atoms with Gasteiger partial charge in [-0.3, -0.25) is 0 Å². The second-order valence-electron chi connectivity index (χ2n) is 4.51. The second-order valence-corrected chi connectivity index (χ2v) is 4.51. The minimum Gasteiger partial charge on any atom is -0.381 e. The fourth-order valence-corrected chi connectivity index (χ4v) is 2.27. The molecule has 1 fully saturated rings. The van der Waals surface area contributed by atoms with Crippen molar-refractivity contribution in [2.24, 2.45) is 11.8 Å². The topological polar surface area (TPSA) is 3.24 Å². The van der Waals surface area contributed by atoms with Gasteiger partial charge in [0, 0.05) is 19.8 Å². The van der Waals surface area contributed by atoms with E-state index in [0.717, 1.165) is 11.8 Å². The Labute approximate surface area is 96.6 Å². The van der Waals surface area contributed by atoms with Crippen LogP contribution >= 0.6 is 0 Å². The van der Waals surface area contributed by atoms with Crippen molar-refractivity contribution in [2.45, 2.75) is 52.9 Å². The van der Waals surface area contributed by atoms with Gasteiger partial charge in [0.1, 0.15) is 0 Å². The summed E-state index contributed by atoms with van der Waals surface area (Å²) >= 11 is 0. The number of hydrogen-bond acceptors (Lipinski definition) is 1. The van der Waals surface area contributed by atoms with E-state index >= 15 is 0 Å². The normalized spacial score (nSPS) is 25.1. The second kappa shape index (κ2) is 7.78. The SMILES string of the molecule is C=C(C1CCC(CC)CC1)N(C)C.CC. The van der Waals surface area contributed by atoms with Crippen molar-refractivity contribution in [2.75, 3.05) is 14.1 Å². The molecule has 1 nitrogen and oxygen atoms in total. The molecule has 0 unspecified atom stereocenters. The Morgan fingerprint density at radius 2 is 1.60 bits per heavy atom. The van der Waals surface area contributed by atoms with Gasteiger partial charge in [-0.05, 0) is 37.5 Å². The van der Waals surface area contributed by atoms with Gasteiger partial charge in [-0.2, -0.15) is 0 Å². The average Bonchev–Trinajstić information content (AvgIpc) is 2.31. The Bertz CT molecular complexity index is 164. The molecule has 1 aliphatic rings. The molecule has 0 bridgehead atoms. The fourth-order valence-electron chi connectivity index (χ4n) is 2.27. The maximum Gasteiger partial charge on any atom is 0.00860 e.